The zero-order valence-electron chi connectivity index (χ0n) is 12.8. The Hall–Kier alpha value is -1.65. The molecular formula is C17H21N3S. The largest absolute Gasteiger partial charge is 0.313 e. The molecule has 3 rings (SSSR count). The highest BCUT2D eigenvalue weighted by Gasteiger charge is 2.17. The summed E-state index contributed by atoms with van der Waals surface area (Å²) in [7, 11) is 2.04. The number of hydrogen-bond donors (Lipinski definition) is 1. The Morgan fingerprint density at radius 2 is 2.14 bits per heavy atom. The summed E-state index contributed by atoms with van der Waals surface area (Å²) in [5, 5.41) is 11.7. The summed E-state index contributed by atoms with van der Waals surface area (Å²) < 4.78 is 3.46. The van der Waals surface area contributed by atoms with Crippen LogP contribution in [0.5, 0.6) is 0 Å². The second kappa shape index (κ2) is 6.00. The lowest BCUT2D eigenvalue weighted by Gasteiger charge is -2.16. The van der Waals surface area contributed by atoms with Crippen LogP contribution in [0.2, 0.25) is 0 Å². The number of benzene rings is 1. The average molecular weight is 299 g/mol. The first kappa shape index (κ1) is 14.3. The number of rotatable bonds is 5. The molecular weight excluding hydrogens is 278 g/mol. The third kappa shape index (κ3) is 2.74. The molecule has 1 unspecified atom stereocenters. The van der Waals surface area contributed by atoms with E-state index in [1.165, 1.54) is 21.3 Å². The van der Waals surface area contributed by atoms with Crippen molar-refractivity contribution >= 4 is 21.4 Å². The van der Waals surface area contributed by atoms with Gasteiger partial charge in [-0.1, -0.05) is 18.2 Å². The highest BCUT2D eigenvalue weighted by atomic mass is 32.1. The fourth-order valence-electron chi connectivity index (χ4n) is 2.88. The van der Waals surface area contributed by atoms with E-state index in [2.05, 4.69) is 64.7 Å². The molecule has 0 saturated heterocycles. The predicted molar refractivity (Wildman–Crippen MR) is 90.0 cm³/mol. The van der Waals surface area contributed by atoms with Gasteiger partial charge in [-0.05, 0) is 49.4 Å². The van der Waals surface area contributed by atoms with Crippen LogP contribution >= 0.6 is 11.3 Å². The number of nitrogens with zero attached hydrogens (tertiary/aromatic N) is 2. The number of fused-ring (bicyclic) bond motifs is 1. The summed E-state index contributed by atoms with van der Waals surface area (Å²) in [6.45, 7) is 5.12. The number of aromatic nitrogens is 2. The molecule has 3 aromatic rings. The van der Waals surface area contributed by atoms with E-state index >= 15 is 0 Å². The SMILES string of the molecule is CCn1nc(C)cc1CC(NC)c1csc2ccccc12. The van der Waals surface area contributed by atoms with Crippen LogP contribution in [0.4, 0.5) is 0 Å². The van der Waals surface area contributed by atoms with Crippen molar-refractivity contribution in [3.05, 3.63) is 52.7 Å². The van der Waals surface area contributed by atoms with Gasteiger partial charge in [0.15, 0.2) is 0 Å². The second-order valence-corrected chi connectivity index (χ2v) is 6.24. The lowest BCUT2D eigenvalue weighted by Crippen LogP contribution is -2.20. The number of thiophene rings is 1. The molecule has 0 amide bonds. The van der Waals surface area contributed by atoms with Gasteiger partial charge in [0.25, 0.3) is 0 Å². The molecule has 1 aromatic carbocycles. The number of likely N-dealkylation sites (N-methyl/N-ethyl adjacent to an activating group) is 1. The first-order chi connectivity index (χ1) is 10.2. The van der Waals surface area contributed by atoms with Crippen LogP contribution in [0, 0.1) is 6.92 Å². The van der Waals surface area contributed by atoms with Crippen molar-refractivity contribution in [1.82, 2.24) is 15.1 Å². The Bertz CT molecular complexity index is 741. The molecule has 3 nitrogen and oxygen atoms in total. The Kier molecular flexibility index (Phi) is 4.08. The minimum atomic E-state index is 0.322. The molecule has 0 aliphatic rings. The third-order valence-corrected chi connectivity index (χ3v) is 4.91. The molecule has 4 heteroatoms. The van der Waals surface area contributed by atoms with Crippen molar-refractivity contribution in [3.8, 4) is 0 Å². The monoisotopic (exact) mass is 299 g/mol. The second-order valence-electron chi connectivity index (χ2n) is 5.33. The van der Waals surface area contributed by atoms with E-state index in [1.54, 1.807) is 0 Å². The summed E-state index contributed by atoms with van der Waals surface area (Å²) in [4.78, 5) is 0. The van der Waals surface area contributed by atoms with Gasteiger partial charge < -0.3 is 5.32 Å². The van der Waals surface area contributed by atoms with Crippen molar-refractivity contribution in [2.75, 3.05) is 7.05 Å². The number of aryl methyl sites for hydroxylation is 2. The quantitative estimate of drug-likeness (QED) is 0.773. The van der Waals surface area contributed by atoms with Crippen LogP contribution < -0.4 is 5.32 Å². The fourth-order valence-corrected chi connectivity index (χ4v) is 3.90. The molecule has 0 aliphatic heterocycles. The average Bonchev–Trinajstić information content (AvgIpc) is 3.08. The molecule has 110 valence electrons. The van der Waals surface area contributed by atoms with E-state index in [9.17, 15) is 0 Å². The minimum Gasteiger partial charge on any atom is -0.313 e. The van der Waals surface area contributed by atoms with Crippen molar-refractivity contribution < 1.29 is 0 Å². The van der Waals surface area contributed by atoms with Gasteiger partial charge in [0.1, 0.15) is 0 Å². The maximum Gasteiger partial charge on any atom is 0.0596 e. The van der Waals surface area contributed by atoms with E-state index in [4.69, 9.17) is 0 Å². The third-order valence-electron chi connectivity index (χ3n) is 3.93. The fraction of sp³-hybridized carbons (Fsp3) is 0.353. The van der Waals surface area contributed by atoms with Gasteiger partial charge >= 0.3 is 0 Å². The molecule has 0 fully saturated rings. The van der Waals surface area contributed by atoms with Crippen molar-refractivity contribution in [2.24, 2.45) is 0 Å². The van der Waals surface area contributed by atoms with Crippen molar-refractivity contribution in [3.63, 3.8) is 0 Å². The number of nitrogens with one attached hydrogen (secondary N) is 1. The molecule has 2 heterocycles. The van der Waals surface area contributed by atoms with Crippen LogP contribution in [0.3, 0.4) is 0 Å². The van der Waals surface area contributed by atoms with Gasteiger partial charge in [-0.2, -0.15) is 5.10 Å². The van der Waals surface area contributed by atoms with E-state index < -0.39 is 0 Å². The topological polar surface area (TPSA) is 29.9 Å². The van der Waals surface area contributed by atoms with Crippen LogP contribution in [0.1, 0.15) is 29.9 Å². The van der Waals surface area contributed by atoms with E-state index in [0.717, 1.165) is 18.7 Å². The molecule has 0 bridgehead atoms. The molecule has 21 heavy (non-hydrogen) atoms. The smallest absolute Gasteiger partial charge is 0.0596 e. The maximum absolute atomic E-state index is 4.55. The van der Waals surface area contributed by atoms with Gasteiger partial charge in [-0.3, -0.25) is 4.68 Å². The Morgan fingerprint density at radius 3 is 2.90 bits per heavy atom. The molecule has 0 aliphatic carbocycles. The molecule has 0 radical (unpaired) electrons. The summed E-state index contributed by atoms with van der Waals surface area (Å²) >= 11 is 1.82. The van der Waals surface area contributed by atoms with Crippen LogP contribution in [-0.2, 0) is 13.0 Å². The van der Waals surface area contributed by atoms with Crippen molar-refractivity contribution in [2.45, 2.75) is 32.9 Å². The maximum atomic E-state index is 4.55. The van der Waals surface area contributed by atoms with Crippen molar-refractivity contribution in [1.29, 1.82) is 0 Å². The summed E-state index contributed by atoms with van der Waals surface area (Å²) in [5.41, 5.74) is 3.78. The van der Waals surface area contributed by atoms with Gasteiger partial charge in [0, 0.05) is 29.4 Å². The molecule has 0 saturated carbocycles. The van der Waals surface area contributed by atoms with Gasteiger partial charge in [0.2, 0.25) is 0 Å². The normalized spacial score (nSPS) is 12.9. The standard InChI is InChI=1S/C17H21N3S/c1-4-20-13(9-12(2)19-20)10-16(18-3)15-11-21-17-8-6-5-7-14(15)17/h5-9,11,16,18H,4,10H2,1-3H3. The zero-order valence-corrected chi connectivity index (χ0v) is 13.6. The molecule has 1 atom stereocenters. The predicted octanol–water partition coefficient (Wildman–Crippen LogP) is 3.93. The Morgan fingerprint density at radius 1 is 1.33 bits per heavy atom. The van der Waals surface area contributed by atoms with Crippen LogP contribution in [-0.4, -0.2) is 16.8 Å². The first-order valence-corrected chi connectivity index (χ1v) is 8.27. The summed E-state index contributed by atoms with van der Waals surface area (Å²) in [6.07, 6.45) is 0.964. The molecule has 0 spiro atoms. The molecule has 1 N–H and O–H groups in total. The van der Waals surface area contributed by atoms with Crippen LogP contribution in [0.15, 0.2) is 35.7 Å². The molecule has 2 aromatic heterocycles. The highest BCUT2D eigenvalue weighted by Crippen LogP contribution is 2.31. The number of hydrogen-bond acceptors (Lipinski definition) is 3. The van der Waals surface area contributed by atoms with Crippen LogP contribution in [0.25, 0.3) is 10.1 Å². The van der Waals surface area contributed by atoms with Gasteiger partial charge in [-0.25, -0.2) is 0 Å². The van der Waals surface area contributed by atoms with E-state index in [1.807, 2.05) is 18.4 Å². The zero-order chi connectivity index (χ0) is 14.8. The van der Waals surface area contributed by atoms with E-state index in [0.29, 0.717) is 6.04 Å². The Balaban J connectivity index is 1.95. The lowest BCUT2D eigenvalue weighted by molar-refractivity contribution is 0.544. The minimum absolute atomic E-state index is 0.322. The summed E-state index contributed by atoms with van der Waals surface area (Å²) in [6, 6.07) is 11.1. The Labute approximate surface area is 129 Å². The summed E-state index contributed by atoms with van der Waals surface area (Å²) in [5.74, 6) is 0. The van der Waals surface area contributed by atoms with E-state index in [-0.39, 0.29) is 0 Å². The first-order valence-electron chi connectivity index (χ1n) is 7.39. The highest BCUT2D eigenvalue weighted by molar-refractivity contribution is 7.17. The van der Waals surface area contributed by atoms with Gasteiger partial charge in [0.05, 0.1) is 5.69 Å². The van der Waals surface area contributed by atoms with Gasteiger partial charge in [-0.15, -0.1) is 11.3 Å². The lowest BCUT2D eigenvalue weighted by atomic mass is 10.0.